The summed E-state index contributed by atoms with van der Waals surface area (Å²) >= 11 is 0. The van der Waals surface area contributed by atoms with E-state index in [4.69, 9.17) is 9.98 Å². The quantitative estimate of drug-likeness (QED) is 0.164. The van der Waals surface area contributed by atoms with Gasteiger partial charge in [0.2, 0.25) is 0 Å². The van der Waals surface area contributed by atoms with Gasteiger partial charge < -0.3 is 0 Å². The summed E-state index contributed by atoms with van der Waals surface area (Å²) in [5.74, 6) is 0.938. The number of aromatic nitrogens is 2. The lowest BCUT2D eigenvalue weighted by atomic mass is 9.68. The van der Waals surface area contributed by atoms with Crippen molar-refractivity contribution in [2.45, 2.75) is 31.1 Å². The third-order valence-corrected chi connectivity index (χ3v) is 15.2. The van der Waals surface area contributed by atoms with Crippen molar-refractivity contribution in [3.8, 4) is 50.5 Å². The highest BCUT2D eigenvalue weighted by molar-refractivity contribution is 6.05. The van der Waals surface area contributed by atoms with Gasteiger partial charge in [-0.2, -0.15) is 0 Å². The van der Waals surface area contributed by atoms with Crippen molar-refractivity contribution in [2.24, 2.45) is 4.99 Å². The van der Waals surface area contributed by atoms with Crippen LogP contribution in [0.3, 0.4) is 0 Å². The fourth-order valence-corrected chi connectivity index (χ4v) is 12.3. The molecule has 0 fully saturated rings. The molecule has 70 heavy (non-hydrogen) atoms. The molecule has 1 unspecified atom stereocenters. The Kier molecular flexibility index (Phi) is 9.38. The molecule has 3 nitrogen and oxygen atoms in total. The smallest absolute Gasteiger partial charge is 0.145 e. The van der Waals surface area contributed by atoms with Gasteiger partial charge >= 0.3 is 0 Å². The molecule has 1 spiro atoms. The lowest BCUT2D eigenvalue weighted by molar-refractivity contribution is 0.781. The zero-order chi connectivity index (χ0) is 46.2. The van der Waals surface area contributed by atoms with Crippen LogP contribution in [-0.4, -0.2) is 15.3 Å². The van der Waals surface area contributed by atoms with E-state index in [-0.39, 0.29) is 0 Å². The minimum absolute atomic E-state index is 0.480. The normalized spacial score (nSPS) is 18.5. The molecule has 3 heteroatoms. The Morgan fingerprint density at radius 3 is 1.91 bits per heavy atom. The van der Waals surface area contributed by atoms with Crippen LogP contribution in [0.25, 0.3) is 78.8 Å². The molecule has 9 aromatic carbocycles. The number of hydrogen-bond donors (Lipinski definition) is 0. The van der Waals surface area contributed by atoms with Gasteiger partial charge in [0.1, 0.15) is 5.82 Å². The largest absolute Gasteiger partial charge is 0.292 e. The summed E-state index contributed by atoms with van der Waals surface area (Å²) in [5.41, 5.74) is 24.0. The second-order valence-electron chi connectivity index (χ2n) is 18.9. The minimum Gasteiger partial charge on any atom is -0.292 e. The van der Waals surface area contributed by atoms with Crippen LogP contribution in [-0.2, 0) is 5.41 Å². The topological polar surface area (TPSA) is 30.2 Å². The Morgan fingerprint density at radius 2 is 1.09 bits per heavy atom. The SMILES string of the molecule is C1=CC2=C(CC1)c1c(-c3cccc(-c4nc5ccccc5n4-c4ccccc4)c3)cccc1C21c2ccccc2-c2c(-c3ccc4/c(c3)=C(c3ccccc3)\N=C(\c3ccccc3)CC/C=4)cccc21. The van der Waals surface area contributed by atoms with Gasteiger partial charge in [0.25, 0.3) is 0 Å². The van der Waals surface area contributed by atoms with Gasteiger partial charge in [0, 0.05) is 27.7 Å². The van der Waals surface area contributed by atoms with E-state index in [1.165, 1.54) is 77.6 Å². The van der Waals surface area contributed by atoms with Crippen molar-refractivity contribution >= 4 is 34.1 Å². The van der Waals surface area contributed by atoms with Crippen molar-refractivity contribution in [1.82, 2.24) is 9.55 Å². The van der Waals surface area contributed by atoms with Crippen molar-refractivity contribution in [3.63, 3.8) is 0 Å². The summed E-state index contributed by atoms with van der Waals surface area (Å²) in [4.78, 5) is 10.8. The number of para-hydroxylation sites is 3. The molecule has 0 radical (unpaired) electrons. The molecule has 330 valence electrons. The van der Waals surface area contributed by atoms with Gasteiger partial charge in [-0.3, -0.25) is 9.56 Å². The molecule has 0 N–H and O–H groups in total. The highest BCUT2D eigenvalue weighted by Crippen LogP contribution is 2.65. The van der Waals surface area contributed by atoms with Crippen LogP contribution in [0.15, 0.2) is 241 Å². The van der Waals surface area contributed by atoms with Gasteiger partial charge in [-0.1, -0.05) is 200 Å². The molecule has 1 aromatic heterocycles. The van der Waals surface area contributed by atoms with Gasteiger partial charge in [-0.05, 0) is 140 Å². The lowest BCUT2D eigenvalue weighted by Crippen LogP contribution is -2.28. The minimum atomic E-state index is -0.480. The van der Waals surface area contributed by atoms with E-state index in [1.807, 2.05) is 0 Å². The first-order valence-corrected chi connectivity index (χ1v) is 24.7. The van der Waals surface area contributed by atoms with E-state index in [0.29, 0.717) is 0 Å². The zero-order valence-electron chi connectivity index (χ0n) is 38.7. The first-order valence-electron chi connectivity index (χ1n) is 24.7. The standard InChI is InChI=1S/C67H47N3/c1-4-20-45(21-5-1)60-38-17-24-44-40-41-48(43-55(44)65(68-60)46-22-6-2-7-23-46)52-32-19-36-59-64(52)54-30-11-13-34-57(54)67(59)56-33-12-10-29-53(56)63-51(31-18-35-58(63)67)47-25-16-26-49(42-47)66-69-61-37-14-15-39-62(61)70(66)50-27-8-3-9-28-50/h1-9,11-16,18-28,30-37,39-43H,10,17,29,38H2/b44-24+,65-55-,68-60+. The predicted molar refractivity (Wildman–Crippen MR) is 289 cm³/mol. The number of rotatable bonds is 6. The van der Waals surface area contributed by atoms with Gasteiger partial charge in [-0.25, -0.2) is 4.98 Å². The summed E-state index contributed by atoms with van der Waals surface area (Å²) in [5, 5.41) is 2.39. The predicted octanol–water partition coefficient (Wildman–Crippen LogP) is 14.7. The Morgan fingerprint density at radius 1 is 0.457 bits per heavy atom. The summed E-state index contributed by atoms with van der Waals surface area (Å²) in [6, 6.07) is 80.0. The van der Waals surface area contributed by atoms with Gasteiger partial charge in [-0.15, -0.1) is 0 Å². The molecule has 0 amide bonds. The van der Waals surface area contributed by atoms with E-state index in [1.54, 1.807) is 0 Å². The zero-order valence-corrected chi connectivity index (χ0v) is 38.7. The van der Waals surface area contributed by atoms with Crippen molar-refractivity contribution in [2.75, 3.05) is 0 Å². The van der Waals surface area contributed by atoms with Crippen LogP contribution in [0, 0.1) is 0 Å². The number of fused-ring (bicyclic) bond motifs is 11. The van der Waals surface area contributed by atoms with Crippen LogP contribution in [0.4, 0.5) is 0 Å². The molecule has 0 saturated heterocycles. The Bertz CT molecular complexity index is 3980. The Labute approximate surface area is 408 Å². The van der Waals surface area contributed by atoms with E-state index < -0.39 is 5.41 Å². The average Bonchev–Trinajstić information content (AvgIpc) is 4.07. The van der Waals surface area contributed by atoms with E-state index in [9.17, 15) is 0 Å². The summed E-state index contributed by atoms with van der Waals surface area (Å²) in [6.45, 7) is 0. The van der Waals surface area contributed by atoms with Crippen LogP contribution in [0.2, 0.25) is 0 Å². The Balaban J connectivity index is 0.974. The second-order valence-corrected chi connectivity index (χ2v) is 18.9. The molecule has 0 saturated carbocycles. The number of aliphatic imine (C=N–C) groups is 1. The average molecular weight is 894 g/mol. The molecular weight excluding hydrogens is 847 g/mol. The molecular formula is C67H47N3. The lowest BCUT2D eigenvalue weighted by Gasteiger charge is -2.32. The van der Waals surface area contributed by atoms with Gasteiger partial charge in [0.05, 0.1) is 22.1 Å². The fraction of sp³-hybridized carbons (Fsp3) is 0.0746. The highest BCUT2D eigenvalue weighted by atomic mass is 15.1. The second kappa shape index (κ2) is 16.3. The third kappa shape index (κ3) is 6.14. The highest BCUT2D eigenvalue weighted by Gasteiger charge is 2.53. The number of imidazole rings is 1. The van der Waals surface area contributed by atoms with E-state index in [0.717, 1.165) is 76.0 Å². The van der Waals surface area contributed by atoms with Crippen molar-refractivity contribution in [1.29, 1.82) is 0 Å². The fourth-order valence-electron chi connectivity index (χ4n) is 12.3. The van der Waals surface area contributed by atoms with E-state index >= 15 is 0 Å². The third-order valence-electron chi connectivity index (χ3n) is 15.2. The van der Waals surface area contributed by atoms with Crippen molar-refractivity contribution < 1.29 is 0 Å². The summed E-state index contributed by atoms with van der Waals surface area (Å²) in [7, 11) is 0. The number of nitrogens with zero attached hydrogens (tertiary/aromatic N) is 3. The summed E-state index contributed by atoms with van der Waals surface area (Å²) in [6.07, 6.45) is 11.1. The monoisotopic (exact) mass is 893 g/mol. The maximum Gasteiger partial charge on any atom is 0.145 e. The molecule has 2 heterocycles. The number of hydrogen-bond acceptors (Lipinski definition) is 2. The molecule has 4 aliphatic rings. The maximum absolute atomic E-state index is 5.57. The Hall–Kier alpha value is -8.66. The molecule has 0 bridgehead atoms. The van der Waals surface area contributed by atoms with Crippen LogP contribution < -0.4 is 10.4 Å². The molecule has 1 atom stereocenters. The first-order chi connectivity index (χ1) is 34.7. The van der Waals surface area contributed by atoms with Crippen LogP contribution in [0.1, 0.15) is 59.1 Å². The van der Waals surface area contributed by atoms with Crippen LogP contribution in [0.5, 0.6) is 0 Å². The van der Waals surface area contributed by atoms with E-state index in [2.05, 4.69) is 241 Å². The maximum atomic E-state index is 5.57. The molecule has 10 aromatic rings. The molecule has 1 aliphatic heterocycles. The molecule has 3 aliphatic carbocycles. The van der Waals surface area contributed by atoms with Crippen LogP contribution >= 0.6 is 0 Å². The van der Waals surface area contributed by atoms with Gasteiger partial charge in [0.15, 0.2) is 0 Å². The molecule has 14 rings (SSSR count). The number of benzene rings is 9. The summed E-state index contributed by atoms with van der Waals surface area (Å²) < 4.78 is 2.30. The first kappa shape index (κ1) is 40.4. The van der Waals surface area contributed by atoms with Crippen molar-refractivity contribution in [3.05, 3.63) is 280 Å². The number of allylic oxidation sites excluding steroid dienone is 4.